The second-order valence-corrected chi connectivity index (χ2v) is 6.04. The average molecular weight is 412 g/mol. The van der Waals surface area contributed by atoms with Gasteiger partial charge in [-0.1, -0.05) is 12.1 Å². The first-order valence-electron chi connectivity index (χ1n) is 8.67. The molecule has 6 N–H and O–H groups in total. The van der Waals surface area contributed by atoms with E-state index >= 15 is 0 Å². The van der Waals surface area contributed by atoms with Gasteiger partial charge in [-0.15, -0.1) is 0 Å². The SMILES string of the molecule is Oc1cccc(OCC(O)COCOCC(O)COc2cccc(O)c2O)c1O. The molecule has 0 radical (unpaired) electrons. The van der Waals surface area contributed by atoms with Crippen LogP contribution in [0.3, 0.4) is 0 Å². The highest BCUT2D eigenvalue weighted by atomic mass is 16.7. The topological polar surface area (TPSA) is 158 Å². The summed E-state index contributed by atoms with van der Waals surface area (Å²) in [4.78, 5) is 0. The zero-order valence-electron chi connectivity index (χ0n) is 15.5. The minimum absolute atomic E-state index is 0.0289. The lowest BCUT2D eigenvalue weighted by atomic mass is 10.3. The summed E-state index contributed by atoms with van der Waals surface area (Å²) in [5, 5.41) is 57.4. The zero-order valence-corrected chi connectivity index (χ0v) is 15.5. The van der Waals surface area contributed by atoms with Crippen molar-refractivity contribution in [2.75, 3.05) is 33.2 Å². The van der Waals surface area contributed by atoms with E-state index in [9.17, 15) is 30.6 Å². The molecule has 0 aliphatic rings. The molecule has 10 nitrogen and oxygen atoms in total. The first kappa shape index (κ1) is 22.4. The van der Waals surface area contributed by atoms with Gasteiger partial charge in [-0.2, -0.15) is 0 Å². The Kier molecular flexibility index (Phi) is 8.62. The van der Waals surface area contributed by atoms with E-state index in [1.165, 1.54) is 36.4 Å². The Bertz CT molecular complexity index is 703. The summed E-state index contributed by atoms with van der Waals surface area (Å²) >= 11 is 0. The molecule has 0 spiro atoms. The first-order valence-corrected chi connectivity index (χ1v) is 8.67. The Morgan fingerprint density at radius 2 is 1.03 bits per heavy atom. The fraction of sp³-hybridized carbons (Fsp3) is 0.368. The number of benzene rings is 2. The van der Waals surface area contributed by atoms with Crippen molar-refractivity contribution < 1.29 is 49.6 Å². The molecule has 0 saturated carbocycles. The third kappa shape index (κ3) is 7.20. The molecule has 0 amide bonds. The Labute approximate surface area is 166 Å². The van der Waals surface area contributed by atoms with Crippen LogP contribution in [0.15, 0.2) is 36.4 Å². The quantitative estimate of drug-likeness (QED) is 0.166. The van der Waals surface area contributed by atoms with Crippen molar-refractivity contribution in [3.8, 4) is 34.5 Å². The molecule has 0 bridgehead atoms. The van der Waals surface area contributed by atoms with Crippen molar-refractivity contribution in [2.45, 2.75) is 12.2 Å². The minimum atomic E-state index is -1.01. The van der Waals surface area contributed by atoms with Gasteiger partial charge in [0.1, 0.15) is 32.2 Å². The number of phenols is 4. The number of ether oxygens (including phenoxy) is 4. The van der Waals surface area contributed by atoms with Crippen LogP contribution in [0.2, 0.25) is 0 Å². The van der Waals surface area contributed by atoms with Crippen LogP contribution < -0.4 is 9.47 Å². The molecule has 0 aliphatic carbocycles. The molecule has 2 unspecified atom stereocenters. The third-order valence-electron chi connectivity index (χ3n) is 3.61. The van der Waals surface area contributed by atoms with E-state index in [2.05, 4.69) is 0 Å². The van der Waals surface area contributed by atoms with Crippen molar-refractivity contribution in [3.63, 3.8) is 0 Å². The summed E-state index contributed by atoms with van der Waals surface area (Å²) in [6.07, 6.45) is -2.02. The molecular formula is C19H24O10. The third-order valence-corrected chi connectivity index (χ3v) is 3.61. The van der Waals surface area contributed by atoms with E-state index in [1.807, 2.05) is 0 Å². The Balaban J connectivity index is 1.56. The van der Waals surface area contributed by atoms with Crippen LogP contribution in [-0.4, -0.2) is 76.1 Å². The highest BCUT2D eigenvalue weighted by Crippen LogP contribution is 2.35. The molecule has 0 heterocycles. The van der Waals surface area contributed by atoms with Crippen LogP contribution in [-0.2, 0) is 9.47 Å². The summed E-state index contributed by atoms with van der Waals surface area (Å²) < 4.78 is 20.6. The zero-order chi connectivity index (χ0) is 21.2. The van der Waals surface area contributed by atoms with Crippen molar-refractivity contribution in [3.05, 3.63) is 36.4 Å². The maximum Gasteiger partial charge on any atom is 0.200 e. The van der Waals surface area contributed by atoms with Gasteiger partial charge in [-0.3, -0.25) is 0 Å². The number of aliphatic hydroxyl groups excluding tert-OH is 2. The molecule has 2 aromatic rings. The predicted octanol–water partition coefficient (Wildman–Crippen LogP) is 0.679. The second kappa shape index (κ2) is 11.2. The van der Waals surface area contributed by atoms with Gasteiger partial charge in [0.05, 0.1) is 13.2 Å². The summed E-state index contributed by atoms with van der Waals surface area (Å²) in [5.74, 6) is -1.44. The highest BCUT2D eigenvalue weighted by molar-refractivity contribution is 5.49. The van der Waals surface area contributed by atoms with Crippen LogP contribution in [0.1, 0.15) is 0 Å². The molecule has 0 fully saturated rings. The van der Waals surface area contributed by atoms with Crippen LogP contribution >= 0.6 is 0 Å². The minimum Gasteiger partial charge on any atom is -0.504 e. The normalized spacial score (nSPS) is 13.0. The molecule has 2 aromatic carbocycles. The smallest absolute Gasteiger partial charge is 0.200 e. The predicted molar refractivity (Wildman–Crippen MR) is 99.3 cm³/mol. The Morgan fingerprint density at radius 3 is 1.45 bits per heavy atom. The van der Waals surface area contributed by atoms with Crippen LogP contribution in [0.5, 0.6) is 34.5 Å². The van der Waals surface area contributed by atoms with Crippen LogP contribution in [0.4, 0.5) is 0 Å². The lowest BCUT2D eigenvalue weighted by Gasteiger charge is -2.15. The number of hydrogen-bond donors (Lipinski definition) is 6. The summed E-state index contributed by atoms with van der Waals surface area (Å²) in [5.41, 5.74) is 0. The molecule has 2 atom stereocenters. The molecule has 0 aromatic heterocycles. The van der Waals surface area contributed by atoms with Gasteiger partial charge in [0.2, 0.25) is 11.5 Å². The molecule has 0 aliphatic heterocycles. The van der Waals surface area contributed by atoms with Gasteiger partial charge in [-0.25, -0.2) is 0 Å². The highest BCUT2D eigenvalue weighted by Gasteiger charge is 2.12. The van der Waals surface area contributed by atoms with Crippen molar-refractivity contribution in [2.24, 2.45) is 0 Å². The van der Waals surface area contributed by atoms with Crippen molar-refractivity contribution in [1.29, 1.82) is 0 Å². The second-order valence-electron chi connectivity index (χ2n) is 6.04. The largest absolute Gasteiger partial charge is 0.504 e. The van der Waals surface area contributed by atoms with Crippen LogP contribution in [0, 0.1) is 0 Å². The molecule has 160 valence electrons. The van der Waals surface area contributed by atoms with E-state index < -0.39 is 23.7 Å². The van der Waals surface area contributed by atoms with E-state index in [0.29, 0.717) is 0 Å². The maximum absolute atomic E-state index is 9.77. The van der Waals surface area contributed by atoms with E-state index in [1.54, 1.807) is 0 Å². The van der Waals surface area contributed by atoms with Gasteiger partial charge >= 0.3 is 0 Å². The van der Waals surface area contributed by atoms with Gasteiger partial charge in [0.25, 0.3) is 0 Å². The fourth-order valence-corrected chi connectivity index (χ4v) is 2.15. The van der Waals surface area contributed by atoms with Crippen LogP contribution in [0.25, 0.3) is 0 Å². The maximum atomic E-state index is 9.77. The number of para-hydroxylation sites is 2. The number of hydrogen-bond acceptors (Lipinski definition) is 10. The summed E-state index contributed by atoms with van der Waals surface area (Å²) in [6, 6.07) is 8.43. The standard InChI is InChI=1S/C19H24O10/c20-12(9-28-16-5-1-3-14(22)18(16)24)7-26-11-27-8-13(21)10-29-17-6-2-4-15(23)19(17)25/h1-6,12-13,20-25H,7-11H2. The molecule has 29 heavy (non-hydrogen) atoms. The molecule has 0 saturated heterocycles. The number of aliphatic hydroxyl groups is 2. The Morgan fingerprint density at radius 1 is 0.621 bits per heavy atom. The molecule has 2 rings (SSSR count). The number of rotatable bonds is 12. The average Bonchev–Trinajstić information content (AvgIpc) is 2.70. The summed E-state index contributed by atoms with van der Waals surface area (Å²) in [6.45, 7) is -0.808. The fourth-order valence-electron chi connectivity index (χ4n) is 2.15. The number of phenolic OH excluding ortho intramolecular Hbond substituents is 4. The molecule has 10 heteroatoms. The number of aromatic hydroxyl groups is 4. The van der Waals surface area contributed by atoms with E-state index in [4.69, 9.17) is 18.9 Å². The van der Waals surface area contributed by atoms with Gasteiger partial charge in [-0.05, 0) is 24.3 Å². The van der Waals surface area contributed by atoms with Gasteiger partial charge in [0, 0.05) is 0 Å². The lowest BCUT2D eigenvalue weighted by Crippen LogP contribution is -2.26. The van der Waals surface area contributed by atoms with E-state index in [0.717, 1.165) is 0 Å². The Hall–Kier alpha value is -2.92. The van der Waals surface area contributed by atoms with Crippen molar-refractivity contribution in [1.82, 2.24) is 0 Å². The van der Waals surface area contributed by atoms with E-state index in [-0.39, 0.29) is 56.2 Å². The summed E-state index contributed by atoms with van der Waals surface area (Å²) in [7, 11) is 0. The van der Waals surface area contributed by atoms with Gasteiger partial charge < -0.3 is 49.6 Å². The lowest BCUT2D eigenvalue weighted by molar-refractivity contribution is -0.104. The molecular weight excluding hydrogens is 388 g/mol. The van der Waals surface area contributed by atoms with Gasteiger partial charge in [0.15, 0.2) is 23.0 Å². The first-order chi connectivity index (χ1) is 13.9. The van der Waals surface area contributed by atoms with Crippen molar-refractivity contribution >= 4 is 0 Å². The monoisotopic (exact) mass is 412 g/mol.